The van der Waals surface area contributed by atoms with Gasteiger partial charge in [-0.2, -0.15) is 0 Å². The molecular weight excluding hydrogens is 267 g/mol. The van der Waals surface area contributed by atoms with Crippen molar-refractivity contribution in [2.75, 3.05) is 0 Å². The molecule has 0 saturated heterocycles. The van der Waals surface area contributed by atoms with Gasteiger partial charge in [0.15, 0.2) is 0 Å². The van der Waals surface area contributed by atoms with E-state index in [1.165, 1.54) is 24.4 Å². The van der Waals surface area contributed by atoms with E-state index in [2.05, 4.69) is 4.98 Å². The highest BCUT2D eigenvalue weighted by Crippen LogP contribution is 2.19. The molecule has 2 aromatic rings. The maximum absolute atomic E-state index is 13.4. The van der Waals surface area contributed by atoms with Gasteiger partial charge >= 0.3 is 0 Å². The second kappa shape index (κ2) is 4.98. The molecule has 17 heavy (non-hydrogen) atoms. The van der Waals surface area contributed by atoms with Gasteiger partial charge in [-0.25, -0.2) is 8.78 Å². The van der Waals surface area contributed by atoms with Gasteiger partial charge in [-0.3, -0.25) is 4.98 Å². The third-order valence-corrected chi connectivity index (χ3v) is 2.75. The Bertz CT molecular complexity index is 558. The van der Waals surface area contributed by atoms with Crippen molar-refractivity contribution in [1.82, 2.24) is 4.98 Å². The first-order valence-electron chi connectivity index (χ1n) is 4.80. The summed E-state index contributed by atoms with van der Waals surface area (Å²) < 4.78 is 26.6. The van der Waals surface area contributed by atoms with Gasteiger partial charge in [-0.05, 0) is 23.8 Å². The van der Waals surface area contributed by atoms with Crippen molar-refractivity contribution in [3.63, 3.8) is 0 Å². The van der Waals surface area contributed by atoms with Gasteiger partial charge in [-0.15, -0.1) is 0 Å². The molecule has 1 nitrogen and oxygen atoms in total. The van der Waals surface area contributed by atoms with Crippen LogP contribution in [0.2, 0.25) is 10.0 Å². The van der Waals surface area contributed by atoms with E-state index in [9.17, 15) is 8.78 Å². The summed E-state index contributed by atoms with van der Waals surface area (Å²) >= 11 is 11.1. The van der Waals surface area contributed by atoms with Crippen LogP contribution in [0.15, 0.2) is 30.5 Å². The normalized spacial score (nSPS) is 10.6. The highest BCUT2D eigenvalue weighted by molar-refractivity contribution is 6.30. The number of aromatic nitrogens is 1. The highest BCUT2D eigenvalue weighted by atomic mass is 35.5. The number of pyridine rings is 1. The van der Waals surface area contributed by atoms with Gasteiger partial charge in [0.25, 0.3) is 0 Å². The predicted molar refractivity (Wildman–Crippen MR) is 63.4 cm³/mol. The van der Waals surface area contributed by atoms with Crippen LogP contribution in [0, 0.1) is 11.6 Å². The van der Waals surface area contributed by atoms with E-state index in [4.69, 9.17) is 23.2 Å². The molecule has 0 spiro atoms. The predicted octanol–water partition coefficient (Wildman–Crippen LogP) is 4.26. The summed E-state index contributed by atoms with van der Waals surface area (Å²) in [4.78, 5) is 3.86. The molecule has 5 heteroatoms. The van der Waals surface area contributed by atoms with E-state index in [1.54, 1.807) is 6.07 Å². The zero-order valence-electron chi connectivity index (χ0n) is 8.55. The van der Waals surface area contributed by atoms with Gasteiger partial charge in [0, 0.05) is 12.6 Å². The number of halogens is 4. The molecule has 1 aromatic carbocycles. The van der Waals surface area contributed by atoms with Crippen LogP contribution in [-0.4, -0.2) is 4.98 Å². The zero-order chi connectivity index (χ0) is 12.4. The lowest BCUT2D eigenvalue weighted by atomic mass is 10.1. The molecular formula is C12H7Cl2F2N. The van der Waals surface area contributed by atoms with Crippen LogP contribution in [0.25, 0.3) is 0 Å². The van der Waals surface area contributed by atoms with Crippen molar-refractivity contribution in [3.8, 4) is 0 Å². The summed E-state index contributed by atoms with van der Waals surface area (Å²) in [7, 11) is 0. The Morgan fingerprint density at radius 3 is 2.47 bits per heavy atom. The summed E-state index contributed by atoms with van der Waals surface area (Å²) in [6.45, 7) is 0. The molecule has 0 radical (unpaired) electrons. The summed E-state index contributed by atoms with van der Waals surface area (Å²) in [6.07, 6.45) is 1.54. The molecule has 0 fully saturated rings. The molecule has 0 saturated carbocycles. The monoisotopic (exact) mass is 273 g/mol. The van der Waals surface area contributed by atoms with Gasteiger partial charge in [0.2, 0.25) is 0 Å². The van der Waals surface area contributed by atoms with E-state index in [-0.39, 0.29) is 22.2 Å². The first-order valence-corrected chi connectivity index (χ1v) is 5.55. The lowest BCUT2D eigenvalue weighted by Gasteiger charge is -2.04. The SMILES string of the molecule is Fc1cc(Cc2ncc(Cl)cc2F)ccc1Cl. The standard InChI is InChI=1S/C12H7Cl2F2N/c13-8-5-11(16)12(17-6-8)4-7-1-2-9(14)10(15)3-7/h1-3,5-6H,4H2. The second-order valence-electron chi connectivity index (χ2n) is 3.51. The molecule has 1 heterocycles. The van der Waals surface area contributed by atoms with E-state index >= 15 is 0 Å². The molecule has 0 bridgehead atoms. The molecule has 0 aliphatic rings. The Balaban J connectivity index is 2.28. The second-order valence-corrected chi connectivity index (χ2v) is 4.35. The fourth-order valence-corrected chi connectivity index (χ4v) is 1.68. The Kier molecular flexibility index (Phi) is 3.60. The Morgan fingerprint density at radius 2 is 1.82 bits per heavy atom. The third kappa shape index (κ3) is 2.93. The first kappa shape index (κ1) is 12.3. The fourth-order valence-electron chi connectivity index (χ4n) is 1.42. The molecule has 2 rings (SSSR count). The van der Waals surface area contributed by atoms with Crippen molar-refractivity contribution in [2.24, 2.45) is 0 Å². The molecule has 0 atom stereocenters. The number of rotatable bonds is 2. The average molecular weight is 274 g/mol. The largest absolute Gasteiger partial charge is 0.256 e. The molecule has 0 unspecified atom stereocenters. The number of benzene rings is 1. The summed E-state index contributed by atoms with van der Waals surface area (Å²) in [5.74, 6) is -1.04. The summed E-state index contributed by atoms with van der Waals surface area (Å²) in [6, 6.07) is 5.50. The van der Waals surface area contributed by atoms with E-state index in [1.807, 2.05) is 0 Å². The van der Waals surface area contributed by atoms with Crippen LogP contribution in [0.5, 0.6) is 0 Å². The average Bonchev–Trinajstić information content (AvgIpc) is 2.27. The van der Waals surface area contributed by atoms with Gasteiger partial charge in [0.05, 0.1) is 15.7 Å². The van der Waals surface area contributed by atoms with E-state index in [0.717, 1.165) is 0 Å². The number of hydrogen-bond acceptors (Lipinski definition) is 1. The van der Waals surface area contributed by atoms with Gasteiger partial charge < -0.3 is 0 Å². The minimum atomic E-state index is -0.529. The van der Waals surface area contributed by atoms with Crippen molar-refractivity contribution in [2.45, 2.75) is 6.42 Å². The lowest BCUT2D eigenvalue weighted by molar-refractivity contribution is 0.602. The van der Waals surface area contributed by atoms with Crippen molar-refractivity contribution in [3.05, 3.63) is 63.4 Å². The third-order valence-electron chi connectivity index (χ3n) is 2.24. The minimum absolute atomic E-state index is 0.0401. The number of nitrogens with zero attached hydrogens (tertiary/aromatic N) is 1. The molecule has 88 valence electrons. The topological polar surface area (TPSA) is 12.9 Å². The summed E-state index contributed by atoms with van der Waals surface area (Å²) in [5, 5.41) is 0.270. The first-order chi connectivity index (χ1) is 8.06. The van der Waals surface area contributed by atoms with Gasteiger partial charge in [-0.1, -0.05) is 29.3 Å². The maximum atomic E-state index is 13.4. The lowest BCUT2D eigenvalue weighted by Crippen LogP contribution is -1.97. The van der Waals surface area contributed by atoms with Crippen LogP contribution in [0.3, 0.4) is 0 Å². The zero-order valence-corrected chi connectivity index (χ0v) is 10.1. The molecule has 0 aliphatic heterocycles. The molecule has 0 N–H and O–H groups in total. The summed E-state index contributed by atoms with van der Waals surface area (Å²) in [5.41, 5.74) is 0.816. The maximum Gasteiger partial charge on any atom is 0.146 e. The van der Waals surface area contributed by atoms with Gasteiger partial charge in [0.1, 0.15) is 11.6 Å². The number of hydrogen-bond donors (Lipinski definition) is 0. The minimum Gasteiger partial charge on any atom is -0.256 e. The molecule has 0 amide bonds. The van der Waals surface area contributed by atoms with Crippen molar-refractivity contribution >= 4 is 23.2 Å². The highest BCUT2D eigenvalue weighted by Gasteiger charge is 2.07. The van der Waals surface area contributed by atoms with Crippen LogP contribution in [0.4, 0.5) is 8.78 Å². The van der Waals surface area contributed by atoms with E-state index < -0.39 is 11.6 Å². The fraction of sp³-hybridized carbons (Fsp3) is 0.0833. The smallest absolute Gasteiger partial charge is 0.146 e. The Labute approximate surface area is 107 Å². The molecule has 0 aliphatic carbocycles. The van der Waals surface area contributed by atoms with Crippen LogP contribution < -0.4 is 0 Å². The quantitative estimate of drug-likeness (QED) is 0.797. The van der Waals surface area contributed by atoms with Crippen molar-refractivity contribution < 1.29 is 8.78 Å². The van der Waals surface area contributed by atoms with E-state index in [0.29, 0.717) is 5.56 Å². The molecule has 1 aromatic heterocycles. The van der Waals surface area contributed by atoms with Crippen LogP contribution in [-0.2, 0) is 6.42 Å². The van der Waals surface area contributed by atoms with Crippen molar-refractivity contribution in [1.29, 1.82) is 0 Å². The Morgan fingerprint density at radius 1 is 1.06 bits per heavy atom. The van der Waals surface area contributed by atoms with Crippen LogP contribution in [0.1, 0.15) is 11.3 Å². The van der Waals surface area contributed by atoms with Crippen LogP contribution >= 0.6 is 23.2 Å². The Hall–Kier alpha value is -1.19.